The molecule has 0 atom stereocenters. The number of hydrogen-bond acceptors (Lipinski definition) is 3. The highest BCUT2D eigenvalue weighted by Gasteiger charge is 2.10. The number of halogens is 1. The first kappa shape index (κ1) is 12.6. The van der Waals surface area contributed by atoms with Crippen LogP contribution in [0.4, 0.5) is 0 Å². The predicted octanol–water partition coefficient (Wildman–Crippen LogP) is 3.78. The van der Waals surface area contributed by atoms with Gasteiger partial charge in [0.2, 0.25) is 0 Å². The number of fused-ring (bicyclic) bond motifs is 1. The summed E-state index contributed by atoms with van der Waals surface area (Å²) in [6.45, 7) is 2.96. The zero-order chi connectivity index (χ0) is 13.2. The quantitative estimate of drug-likeness (QED) is 0.685. The average Bonchev–Trinajstić information content (AvgIpc) is 3.03. The van der Waals surface area contributed by atoms with Crippen LogP contribution in [0.5, 0.6) is 0 Å². The minimum absolute atomic E-state index is 0.435. The number of aryl methyl sites for hydroxylation is 3. The monoisotopic (exact) mass is 291 g/mol. The summed E-state index contributed by atoms with van der Waals surface area (Å²) in [4.78, 5) is 8.91. The maximum Gasteiger partial charge on any atom is 0.124 e. The van der Waals surface area contributed by atoms with Crippen molar-refractivity contribution in [3.8, 4) is 0 Å². The fourth-order valence-corrected chi connectivity index (χ4v) is 3.02. The molecular weight excluding hydrogens is 278 g/mol. The van der Waals surface area contributed by atoms with Crippen LogP contribution in [0.15, 0.2) is 29.1 Å². The summed E-state index contributed by atoms with van der Waals surface area (Å²) in [5.41, 5.74) is 6.40. The molecule has 19 heavy (non-hydrogen) atoms. The minimum Gasteiger partial charge on any atom is -0.327 e. The van der Waals surface area contributed by atoms with Gasteiger partial charge in [0.1, 0.15) is 5.82 Å². The second-order valence-electron chi connectivity index (χ2n) is 4.54. The Morgan fingerprint density at radius 1 is 1.37 bits per heavy atom. The van der Waals surface area contributed by atoms with E-state index in [1.807, 2.05) is 5.51 Å². The van der Waals surface area contributed by atoms with E-state index in [1.54, 1.807) is 11.3 Å². The van der Waals surface area contributed by atoms with Gasteiger partial charge in [0.05, 0.1) is 28.1 Å². The van der Waals surface area contributed by atoms with Gasteiger partial charge in [-0.1, -0.05) is 6.07 Å². The van der Waals surface area contributed by atoms with Crippen LogP contribution in [-0.4, -0.2) is 14.5 Å². The molecular formula is C14H14ClN3S. The molecule has 1 aromatic carbocycles. The van der Waals surface area contributed by atoms with E-state index in [0.29, 0.717) is 5.88 Å². The van der Waals surface area contributed by atoms with Gasteiger partial charge in [-0.25, -0.2) is 9.97 Å². The lowest BCUT2D eigenvalue weighted by molar-refractivity contribution is 0.680. The molecule has 0 bridgehead atoms. The van der Waals surface area contributed by atoms with E-state index in [1.165, 1.54) is 5.56 Å². The maximum atomic E-state index is 6.01. The number of imidazole rings is 1. The molecule has 2 heterocycles. The zero-order valence-corrected chi connectivity index (χ0v) is 12.2. The summed E-state index contributed by atoms with van der Waals surface area (Å²) in [5.74, 6) is 1.36. The van der Waals surface area contributed by atoms with E-state index < -0.39 is 0 Å². The van der Waals surface area contributed by atoms with Crippen LogP contribution in [0.2, 0.25) is 0 Å². The van der Waals surface area contributed by atoms with E-state index in [2.05, 4.69) is 45.0 Å². The Labute approximate surface area is 120 Å². The Hall–Kier alpha value is -1.39. The molecule has 0 spiro atoms. The van der Waals surface area contributed by atoms with Crippen molar-refractivity contribution in [2.45, 2.75) is 25.8 Å². The number of aromatic nitrogens is 3. The van der Waals surface area contributed by atoms with Crippen molar-refractivity contribution in [1.29, 1.82) is 0 Å². The highest BCUT2D eigenvalue weighted by atomic mass is 35.5. The van der Waals surface area contributed by atoms with E-state index in [0.717, 1.165) is 35.5 Å². The molecule has 5 heteroatoms. The average molecular weight is 292 g/mol. The van der Waals surface area contributed by atoms with Crippen molar-refractivity contribution >= 4 is 34.0 Å². The molecule has 3 nitrogen and oxygen atoms in total. The molecule has 98 valence electrons. The number of rotatable bonds is 4. The van der Waals surface area contributed by atoms with Gasteiger partial charge in [0.15, 0.2) is 0 Å². The number of benzene rings is 1. The van der Waals surface area contributed by atoms with Crippen LogP contribution in [0, 0.1) is 6.92 Å². The summed E-state index contributed by atoms with van der Waals surface area (Å²) < 4.78 is 2.20. The lowest BCUT2D eigenvalue weighted by atomic mass is 10.2. The second-order valence-corrected chi connectivity index (χ2v) is 5.52. The number of alkyl halides is 1. The summed E-state index contributed by atoms with van der Waals surface area (Å²) in [6, 6.07) is 6.30. The largest absolute Gasteiger partial charge is 0.327 e. The molecule has 0 aliphatic rings. The molecule has 0 fully saturated rings. The Morgan fingerprint density at radius 2 is 2.26 bits per heavy atom. The third kappa shape index (κ3) is 2.51. The van der Waals surface area contributed by atoms with Gasteiger partial charge in [-0.2, -0.15) is 0 Å². The third-order valence-corrected chi connectivity index (χ3v) is 4.05. The lowest BCUT2D eigenvalue weighted by Gasteiger charge is -2.06. The van der Waals surface area contributed by atoms with Gasteiger partial charge < -0.3 is 4.57 Å². The number of nitrogens with zero attached hydrogens (tertiary/aromatic N) is 3. The van der Waals surface area contributed by atoms with Crippen molar-refractivity contribution in [2.24, 2.45) is 0 Å². The van der Waals surface area contributed by atoms with Crippen molar-refractivity contribution in [3.05, 3.63) is 46.2 Å². The Bertz CT molecular complexity index is 688. The van der Waals surface area contributed by atoms with Crippen molar-refractivity contribution in [2.75, 3.05) is 0 Å². The highest BCUT2D eigenvalue weighted by Crippen LogP contribution is 2.20. The third-order valence-electron chi connectivity index (χ3n) is 3.18. The molecule has 0 radical (unpaired) electrons. The molecule has 3 rings (SSSR count). The van der Waals surface area contributed by atoms with E-state index in [4.69, 9.17) is 11.6 Å². The molecule has 0 saturated heterocycles. The van der Waals surface area contributed by atoms with E-state index in [9.17, 15) is 0 Å². The van der Waals surface area contributed by atoms with Crippen molar-refractivity contribution < 1.29 is 0 Å². The van der Waals surface area contributed by atoms with Crippen molar-refractivity contribution in [3.63, 3.8) is 0 Å². The zero-order valence-electron chi connectivity index (χ0n) is 10.6. The molecule has 0 unspecified atom stereocenters. The molecule has 2 aromatic heterocycles. The van der Waals surface area contributed by atoms with Gasteiger partial charge in [-0.3, -0.25) is 0 Å². The van der Waals surface area contributed by atoms with Crippen LogP contribution >= 0.6 is 22.9 Å². The predicted molar refractivity (Wildman–Crippen MR) is 79.8 cm³/mol. The fourth-order valence-electron chi connectivity index (χ4n) is 2.22. The lowest BCUT2D eigenvalue weighted by Crippen LogP contribution is -2.05. The first-order chi connectivity index (χ1) is 9.28. The van der Waals surface area contributed by atoms with E-state index >= 15 is 0 Å². The van der Waals surface area contributed by atoms with Crippen LogP contribution in [0.25, 0.3) is 11.0 Å². The highest BCUT2D eigenvalue weighted by molar-refractivity contribution is 7.07. The minimum atomic E-state index is 0.435. The maximum absolute atomic E-state index is 6.01. The molecule has 0 N–H and O–H groups in total. The smallest absolute Gasteiger partial charge is 0.124 e. The Balaban J connectivity index is 1.97. The Morgan fingerprint density at radius 3 is 3.00 bits per heavy atom. The van der Waals surface area contributed by atoms with Crippen LogP contribution in [-0.2, 0) is 18.8 Å². The van der Waals surface area contributed by atoms with Gasteiger partial charge in [0.25, 0.3) is 0 Å². The van der Waals surface area contributed by atoms with Gasteiger partial charge in [-0.05, 0) is 24.6 Å². The second kappa shape index (κ2) is 5.31. The SMILES string of the molecule is Cc1ccc2nc(CCl)n(CCc3cscn3)c2c1. The first-order valence-electron chi connectivity index (χ1n) is 6.16. The van der Waals surface area contributed by atoms with Gasteiger partial charge in [0, 0.05) is 18.3 Å². The standard InChI is InChI=1S/C14H14ClN3S/c1-10-2-3-12-13(6-10)18(14(7-15)17-12)5-4-11-8-19-9-16-11/h2-3,6,8-9H,4-5,7H2,1H3. The topological polar surface area (TPSA) is 30.7 Å². The van der Waals surface area contributed by atoms with E-state index in [-0.39, 0.29) is 0 Å². The normalized spacial score (nSPS) is 11.3. The van der Waals surface area contributed by atoms with Crippen molar-refractivity contribution in [1.82, 2.24) is 14.5 Å². The van der Waals surface area contributed by atoms with Crippen LogP contribution in [0.3, 0.4) is 0 Å². The summed E-state index contributed by atoms with van der Waals surface area (Å²) in [7, 11) is 0. The molecule has 3 aromatic rings. The van der Waals surface area contributed by atoms with Crippen LogP contribution in [0.1, 0.15) is 17.1 Å². The molecule has 0 aliphatic heterocycles. The number of hydrogen-bond donors (Lipinski definition) is 0. The van der Waals surface area contributed by atoms with Gasteiger partial charge >= 0.3 is 0 Å². The summed E-state index contributed by atoms with van der Waals surface area (Å²) in [5, 5.41) is 2.09. The fraction of sp³-hybridized carbons (Fsp3) is 0.286. The molecule has 0 saturated carbocycles. The van der Waals surface area contributed by atoms with Gasteiger partial charge in [-0.15, -0.1) is 22.9 Å². The molecule has 0 aliphatic carbocycles. The Kier molecular flexibility index (Phi) is 3.53. The first-order valence-corrected chi connectivity index (χ1v) is 7.64. The van der Waals surface area contributed by atoms with Crippen LogP contribution < -0.4 is 0 Å². The molecule has 0 amide bonds. The number of thiazole rings is 1. The summed E-state index contributed by atoms with van der Waals surface area (Å²) >= 11 is 7.64. The summed E-state index contributed by atoms with van der Waals surface area (Å²) in [6.07, 6.45) is 0.910.